The van der Waals surface area contributed by atoms with Crippen LogP contribution in [-0.4, -0.2) is 65.2 Å². The van der Waals surface area contributed by atoms with Gasteiger partial charge < -0.3 is 24.8 Å². The molecule has 0 spiro atoms. The number of ether oxygens (including phenoxy) is 3. The number of guanidine groups is 1. The van der Waals surface area contributed by atoms with Crippen LogP contribution in [0.5, 0.6) is 0 Å². The molecule has 1 atom stereocenters. The van der Waals surface area contributed by atoms with Gasteiger partial charge in [-0.15, -0.1) is 24.0 Å². The predicted octanol–water partition coefficient (Wildman–Crippen LogP) is 2.03. The Morgan fingerprint density at radius 2 is 2.00 bits per heavy atom. The summed E-state index contributed by atoms with van der Waals surface area (Å²) < 4.78 is 16.7. The third kappa shape index (κ3) is 12.9. The number of rotatable bonds is 11. The van der Waals surface area contributed by atoms with Crippen molar-refractivity contribution in [1.82, 2.24) is 10.6 Å². The molecule has 0 amide bonds. The van der Waals surface area contributed by atoms with E-state index in [2.05, 4.69) is 29.5 Å². The van der Waals surface area contributed by atoms with Crippen molar-refractivity contribution in [2.45, 2.75) is 39.2 Å². The Balaban J connectivity index is 0.00000484. The molecule has 138 valence electrons. The Morgan fingerprint density at radius 1 is 1.22 bits per heavy atom. The van der Waals surface area contributed by atoms with Crippen molar-refractivity contribution in [3.05, 3.63) is 0 Å². The maximum atomic E-state index is 5.62. The average Bonchev–Trinajstić information content (AvgIpc) is 3.01. The molecule has 0 saturated carbocycles. The third-order valence-corrected chi connectivity index (χ3v) is 3.30. The van der Waals surface area contributed by atoms with Gasteiger partial charge in [0.15, 0.2) is 5.96 Å². The van der Waals surface area contributed by atoms with Gasteiger partial charge in [0.2, 0.25) is 0 Å². The molecule has 6 nitrogen and oxygen atoms in total. The lowest BCUT2D eigenvalue weighted by atomic mass is 10.2. The second-order valence-electron chi connectivity index (χ2n) is 5.96. The fourth-order valence-corrected chi connectivity index (χ4v) is 2.15. The molecule has 0 aromatic carbocycles. The summed E-state index contributed by atoms with van der Waals surface area (Å²) in [6.07, 6.45) is 3.57. The van der Waals surface area contributed by atoms with Crippen LogP contribution in [-0.2, 0) is 14.2 Å². The first kappa shape index (κ1) is 22.9. The molecule has 1 rings (SSSR count). The zero-order chi connectivity index (χ0) is 16.0. The molecule has 1 heterocycles. The Labute approximate surface area is 158 Å². The highest BCUT2D eigenvalue weighted by Gasteiger charge is 2.14. The number of hydrogen-bond donors (Lipinski definition) is 2. The van der Waals surface area contributed by atoms with Crippen LogP contribution in [0.1, 0.15) is 33.1 Å². The summed E-state index contributed by atoms with van der Waals surface area (Å²) in [5.74, 6) is 1.39. The van der Waals surface area contributed by atoms with E-state index >= 15 is 0 Å². The SMILES string of the molecule is CN=C(NCCCOCC1CCCO1)NCCOCC(C)C.I. The van der Waals surface area contributed by atoms with Crippen LogP contribution in [0.4, 0.5) is 0 Å². The smallest absolute Gasteiger partial charge is 0.191 e. The van der Waals surface area contributed by atoms with E-state index in [0.717, 1.165) is 58.3 Å². The first-order chi connectivity index (χ1) is 10.7. The number of hydrogen-bond acceptors (Lipinski definition) is 4. The Hall–Kier alpha value is -0.120. The van der Waals surface area contributed by atoms with E-state index in [-0.39, 0.29) is 24.0 Å². The second kappa shape index (κ2) is 15.4. The standard InChI is InChI=1S/C16H33N3O3.HI/c1-14(2)12-21-11-8-19-16(17-3)18-7-5-9-20-13-15-6-4-10-22-15;/h14-15H,4-13H2,1-3H3,(H2,17,18,19);1H. The van der Waals surface area contributed by atoms with Gasteiger partial charge in [0.25, 0.3) is 0 Å². The predicted molar refractivity (Wildman–Crippen MR) is 105 cm³/mol. The van der Waals surface area contributed by atoms with Crippen LogP contribution in [0.25, 0.3) is 0 Å². The lowest BCUT2D eigenvalue weighted by molar-refractivity contribution is 0.0168. The summed E-state index contributed by atoms with van der Waals surface area (Å²) in [7, 11) is 1.78. The molecule has 1 aliphatic rings. The molecule has 0 bridgehead atoms. The van der Waals surface area contributed by atoms with Crippen molar-refractivity contribution < 1.29 is 14.2 Å². The zero-order valence-corrected chi connectivity index (χ0v) is 17.1. The van der Waals surface area contributed by atoms with Crippen LogP contribution in [0, 0.1) is 5.92 Å². The first-order valence-corrected chi connectivity index (χ1v) is 8.44. The van der Waals surface area contributed by atoms with Gasteiger partial charge in [-0.2, -0.15) is 0 Å². The molecule has 0 radical (unpaired) electrons. The highest BCUT2D eigenvalue weighted by molar-refractivity contribution is 14.0. The van der Waals surface area contributed by atoms with E-state index in [0.29, 0.717) is 18.6 Å². The Morgan fingerprint density at radius 3 is 2.65 bits per heavy atom. The van der Waals surface area contributed by atoms with E-state index in [9.17, 15) is 0 Å². The average molecular weight is 443 g/mol. The van der Waals surface area contributed by atoms with Gasteiger partial charge in [0, 0.05) is 40.0 Å². The molecule has 23 heavy (non-hydrogen) atoms. The second-order valence-corrected chi connectivity index (χ2v) is 5.96. The van der Waals surface area contributed by atoms with Crippen LogP contribution >= 0.6 is 24.0 Å². The number of nitrogens with one attached hydrogen (secondary N) is 2. The van der Waals surface area contributed by atoms with E-state index in [1.54, 1.807) is 7.05 Å². The van der Waals surface area contributed by atoms with Gasteiger partial charge in [0.05, 0.1) is 19.3 Å². The largest absolute Gasteiger partial charge is 0.379 e. The van der Waals surface area contributed by atoms with Gasteiger partial charge in [-0.1, -0.05) is 13.8 Å². The van der Waals surface area contributed by atoms with E-state index in [1.807, 2.05) is 0 Å². The normalized spacial score (nSPS) is 18.1. The summed E-state index contributed by atoms with van der Waals surface area (Å²) in [6, 6.07) is 0. The zero-order valence-electron chi connectivity index (χ0n) is 14.8. The molecule has 7 heteroatoms. The maximum absolute atomic E-state index is 5.62. The van der Waals surface area contributed by atoms with Crippen molar-refractivity contribution in [1.29, 1.82) is 0 Å². The van der Waals surface area contributed by atoms with Gasteiger partial charge in [0.1, 0.15) is 0 Å². The number of nitrogens with zero attached hydrogens (tertiary/aromatic N) is 1. The summed E-state index contributed by atoms with van der Waals surface area (Å²) in [4.78, 5) is 4.18. The molecule has 0 aromatic rings. The van der Waals surface area contributed by atoms with Gasteiger partial charge in [-0.05, 0) is 25.2 Å². The first-order valence-electron chi connectivity index (χ1n) is 8.44. The van der Waals surface area contributed by atoms with Gasteiger partial charge in [-0.3, -0.25) is 4.99 Å². The van der Waals surface area contributed by atoms with Crippen LogP contribution < -0.4 is 10.6 Å². The fourth-order valence-electron chi connectivity index (χ4n) is 2.15. The third-order valence-electron chi connectivity index (χ3n) is 3.30. The quantitative estimate of drug-likeness (QED) is 0.222. The molecule has 1 fully saturated rings. The lowest BCUT2D eigenvalue weighted by Gasteiger charge is -2.13. The van der Waals surface area contributed by atoms with Gasteiger partial charge in [-0.25, -0.2) is 0 Å². The molecule has 0 aromatic heterocycles. The molecular weight excluding hydrogens is 409 g/mol. The van der Waals surface area contributed by atoms with Crippen molar-refractivity contribution in [3.63, 3.8) is 0 Å². The minimum Gasteiger partial charge on any atom is -0.379 e. The van der Waals surface area contributed by atoms with Gasteiger partial charge >= 0.3 is 0 Å². The summed E-state index contributed by atoms with van der Waals surface area (Å²) >= 11 is 0. The number of halogens is 1. The molecule has 1 aliphatic heterocycles. The minimum atomic E-state index is 0. The Bertz CT molecular complexity index is 298. The van der Waals surface area contributed by atoms with E-state index in [4.69, 9.17) is 14.2 Å². The summed E-state index contributed by atoms with van der Waals surface area (Å²) in [5, 5.41) is 6.50. The molecule has 1 unspecified atom stereocenters. The van der Waals surface area contributed by atoms with Crippen LogP contribution in [0.3, 0.4) is 0 Å². The van der Waals surface area contributed by atoms with Crippen molar-refractivity contribution in [2.75, 3.05) is 53.2 Å². The molecular formula is C16H34IN3O3. The lowest BCUT2D eigenvalue weighted by Crippen LogP contribution is -2.39. The highest BCUT2D eigenvalue weighted by Crippen LogP contribution is 2.11. The van der Waals surface area contributed by atoms with Crippen molar-refractivity contribution in [3.8, 4) is 0 Å². The topological polar surface area (TPSA) is 64.1 Å². The minimum absolute atomic E-state index is 0. The molecule has 1 saturated heterocycles. The fraction of sp³-hybridized carbons (Fsp3) is 0.938. The summed E-state index contributed by atoms with van der Waals surface area (Å²) in [5.41, 5.74) is 0. The van der Waals surface area contributed by atoms with Crippen molar-refractivity contribution in [2.24, 2.45) is 10.9 Å². The summed E-state index contributed by atoms with van der Waals surface area (Å²) in [6.45, 7) is 9.77. The van der Waals surface area contributed by atoms with E-state index < -0.39 is 0 Å². The van der Waals surface area contributed by atoms with Crippen molar-refractivity contribution >= 4 is 29.9 Å². The van der Waals surface area contributed by atoms with Crippen LogP contribution in [0.2, 0.25) is 0 Å². The van der Waals surface area contributed by atoms with E-state index in [1.165, 1.54) is 6.42 Å². The monoisotopic (exact) mass is 443 g/mol. The highest BCUT2D eigenvalue weighted by atomic mass is 127. The van der Waals surface area contributed by atoms with Crippen LogP contribution in [0.15, 0.2) is 4.99 Å². The Kier molecular flexibility index (Phi) is 15.3. The maximum Gasteiger partial charge on any atom is 0.191 e. The number of aliphatic imine (C=N–C) groups is 1. The molecule has 2 N–H and O–H groups in total. The molecule has 0 aliphatic carbocycles.